The largest absolute Gasteiger partial charge is 0.335 e. The normalized spacial score (nSPS) is 25.1. The number of nitrogens with one attached hydrogen (secondary N) is 1. The van der Waals surface area contributed by atoms with Gasteiger partial charge in [0.1, 0.15) is 5.82 Å². The van der Waals surface area contributed by atoms with E-state index in [2.05, 4.69) is 34.9 Å². The molecule has 90 valence electrons. The fourth-order valence-electron chi connectivity index (χ4n) is 2.81. The van der Waals surface area contributed by atoms with Gasteiger partial charge in [0, 0.05) is 31.4 Å². The smallest absolute Gasteiger partial charge is 0.108 e. The van der Waals surface area contributed by atoms with Crippen LogP contribution in [0.4, 0.5) is 0 Å². The van der Waals surface area contributed by atoms with Crippen molar-refractivity contribution in [1.82, 2.24) is 14.9 Å². The van der Waals surface area contributed by atoms with Crippen molar-refractivity contribution < 1.29 is 0 Å². The maximum atomic E-state index is 4.46. The van der Waals surface area contributed by atoms with Crippen LogP contribution in [0.3, 0.4) is 0 Å². The summed E-state index contributed by atoms with van der Waals surface area (Å²) in [6.07, 6.45) is 9.19. The van der Waals surface area contributed by atoms with Crippen LogP contribution in [0.15, 0.2) is 12.4 Å². The molecule has 0 bridgehead atoms. The molecule has 1 aliphatic rings. The molecule has 1 aromatic rings. The molecule has 1 aromatic heterocycles. The Balaban J connectivity index is 1.87. The van der Waals surface area contributed by atoms with E-state index in [1.54, 1.807) is 0 Å². The summed E-state index contributed by atoms with van der Waals surface area (Å²) in [5.41, 5.74) is 0. The van der Waals surface area contributed by atoms with E-state index in [1.807, 2.05) is 6.20 Å². The standard InChI is InChI=1S/C13H23N3/c1-3-14-12-6-5-11(9-12)10-13-15-7-8-16(13)4-2/h7-8,11-12,14H,3-6,9-10H2,1-2H3. The van der Waals surface area contributed by atoms with Gasteiger partial charge >= 0.3 is 0 Å². The molecule has 2 unspecified atom stereocenters. The minimum atomic E-state index is 0.750. The average molecular weight is 221 g/mol. The molecule has 0 spiro atoms. The molecule has 0 saturated heterocycles. The Morgan fingerprint density at radius 2 is 2.31 bits per heavy atom. The SMILES string of the molecule is CCNC1CCC(Cc2nccn2CC)C1. The monoisotopic (exact) mass is 221 g/mol. The third-order valence-corrected chi connectivity index (χ3v) is 3.65. The van der Waals surface area contributed by atoms with Gasteiger partial charge in [-0.1, -0.05) is 6.92 Å². The summed E-state index contributed by atoms with van der Waals surface area (Å²) in [7, 11) is 0. The van der Waals surface area contributed by atoms with E-state index in [0.717, 1.165) is 31.5 Å². The van der Waals surface area contributed by atoms with Crippen LogP contribution in [0.5, 0.6) is 0 Å². The zero-order valence-electron chi connectivity index (χ0n) is 10.4. The van der Waals surface area contributed by atoms with Gasteiger partial charge in [-0.2, -0.15) is 0 Å². The molecule has 1 fully saturated rings. The highest BCUT2D eigenvalue weighted by molar-refractivity contribution is 4.96. The summed E-state index contributed by atoms with van der Waals surface area (Å²) < 4.78 is 2.26. The number of hydrogen-bond donors (Lipinski definition) is 1. The van der Waals surface area contributed by atoms with Crippen LogP contribution in [0.1, 0.15) is 38.9 Å². The first-order valence-corrected chi connectivity index (χ1v) is 6.56. The quantitative estimate of drug-likeness (QED) is 0.826. The molecular weight excluding hydrogens is 198 g/mol. The van der Waals surface area contributed by atoms with Gasteiger partial charge in [0.05, 0.1) is 0 Å². The number of nitrogens with zero attached hydrogens (tertiary/aromatic N) is 2. The van der Waals surface area contributed by atoms with Crippen LogP contribution in [0.2, 0.25) is 0 Å². The van der Waals surface area contributed by atoms with Crippen LogP contribution >= 0.6 is 0 Å². The van der Waals surface area contributed by atoms with Crippen molar-refractivity contribution in [3.05, 3.63) is 18.2 Å². The van der Waals surface area contributed by atoms with Gasteiger partial charge in [0.2, 0.25) is 0 Å². The summed E-state index contributed by atoms with van der Waals surface area (Å²) in [6.45, 7) is 6.51. The Labute approximate surface area is 98.3 Å². The van der Waals surface area contributed by atoms with Gasteiger partial charge in [-0.3, -0.25) is 0 Å². The van der Waals surface area contributed by atoms with E-state index in [9.17, 15) is 0 Å². The fraction of sp³-hybridized carbons (Fsp3) is 0.769. The van der Waals surface area contributed by atoms with Crippen molar-refractivity contribution in [1.29, 1.82) is 0 Å². The molecule has 1 N–H and O–H groups in total. The molecule has 0 radical (unpaired) electrons. The van der Waals surface area contributed by atoms with Crippen molar-refractivity contribution in [3.63, 3.8) is 0 Å². The van der Waals surface area contributed by atoms with E-state index in [4.69, 9.17) is 0 Å². The van der Waals surface area contributed by atoms with Crippen LogP contribution in [-0.2, 0) is 13.0 Å². The van der Waals surface area contributed by atoms with E-state index >= 15 is 0 Å². The summed E-state index contributed by atoms with van der Waals surface area (Å²) in [5, 5.41) is 3.56. The van der Waals surface area contributed by atoms with Crippen LogP contribution in [0, 0.1) is 5.92 Å². The number of hydrogen-bond acceptors (Lipinski definition) is 2. The van der Waals surface area contributed by atoms with Crippen molar-refractivity contribution >= 4 is 0 Å². The number of imidazole rings is 1. The topological polar surface area (TPSA) is 29.9 Å². The minimum Gasteiger partial charge on any atom is -0.335 e. The van der Waals surface area contributed by atoms with Gasteiger partial charge in [0.15, 0.2) is 0 Å². The second kappa shape index (κ2) is 5.48. The highest BCUT2D eigenvalue weighted by atomic mass is 15.1. The highest BCUT2D eigenvalue weighted by Gasteiger charge is 2.24. The zero-order valence-corrected chi connectivity index (χ0v) is 10.4. The molecule has 0 amide bonds. The third-order valence-electron chi connectivity index (χ3n) is 3.65. The van der Waals surface area contributed by atoms with Gasteiger partial charge < -0.3 is 9.88 Å². The molecule has 3 nitrogen and oxygen atoms in total. The van der Waals surface area contributed by atoms with Gasteiger partial charge in [-0.05, 0) is 38.6 Å². The van der Waals surface area contributed by atoms with Crippen molar-refractivity contribution in [2.45, 2.75) is 52.1 Å². The van der Waals surface area contributed by atoms with Crippen molar-refractivity contribution in [3.8, 4) is 0 Å². The Morgan fingerprint density at radius 1 is 1.44 bits per heavy atom. The lowest BCUT2D eigenvalue weighted by Gasteiger charge is -2.12. The molecule has 0 aliphatic heterocycles. The molecule has 2 atom stereocenters. The molecule has 3 heteroatoms. The van der Waals surface area contributed by atoms with Gasteiger partial charge in [0.25, 0.3) is 0 Å². The minimum absolute atomic E-state index is 0.750. The van der Waals surface area contributed by atoms with Gasteiger partial charge in [-0.25, -0.2) is 4.98 Å². The van der Waals surface area contributed by atoms with Crippen LogP contribution in [-0.4, -0.2) is 22.1 Å². The zero-order chi connectivity index (χ0) is 11.4. The second-order valence-corrected chi connectivity index (χ2v) is 4.77. The van der Waals surface area contributed by atoms with Crippen LogP contribution in [0.25, 0.3) is 0 Å². The lowest BCUT2D eigenvalue weighted by Crippen LogP contribution is -2.26. The predicted octanol–water partition coefficient (Wildman–Crippen LogP) is 2.22. The molecule has 1 heterocycles. The van der Waals surface area contributed by atoms with E-state index in [0.29, 0.717) is 0 Å². The molecule has 2 rings (SSSR count). The lowest BCUT2D eigenvalue weighted by atomic mass is 10.0. The lowest BCUT2D eigenvalue weighted by molar-refractivity contribution is 0.478. The highest BCUT2D eigenvalue weighted by Crippen LogP contribution is 2.28. The Kier molecular flexibility index (Phi) is 3.99. The number of aromatic nitrogens is 2. The number of aryl methyl sites for hydroxylation is 1. The summed E-state index contributed by atoms with van der Waals surface area (Å²) in [6, 6.07) is 0.750. The molecule has 1 aliphatic carbocycles. The maximum Gasteiger partial charge on any atom is 0.108 e. The average Bonchev–Trinajstić information content (AvgIpc) is 2.89. The maximum absolute atomic E-state index is 4.46. The predicted molar refractivity (Wildman–Crippen MR) is 66.4 cm³/mol. The number of rotatable bonds is 5. The first kappa shape index (κ1) is 11.6. The first-order valence-electron chi connectivity index (χ1n) is 6.56. The Hall–Kier alpha value is -0.830. The van der Waals surface area contributed by atoms with Gasteiger partial charge in [-0.15, -0.1) is 0 Å². The Bertz CT molecular complexity index is 319. The van der Waals surface area contributed by atoms with E-state index in [-0.39, 0.29) is 0 Å². The van der Waals surface area contributed by atoms with Crippen LogP contribution < -0.4 is 5.32 Å². The molecule has 16 heavy (non-hydrogen) atoms. The summed E-state index contributed by atoms with van der Waals surface area (Å²) in [5.74, 6) is 2.10. The Morgan fingerprint density at radius 3 is 3.06 bits per heavy atom. The second-order valence-electron chi connectivity index (χ2n) is 4.77. The fourth-order valence-corrected chi connectivity index (χ4v) is 2.81. The summed E-state index contributed by atoms with van der Waals surface area (Å²) in [4.78, 5) is 4.46. The summed E-state index contributed by atoms with van der Waals surface area (Å²) >= 11 is 0. The van der Waals surface area contributed by atoms with Crippen molar-refractivity contribution in [2.75, 3.05) is 6.54 Å². The van der Waals surface area contributed by atoms with E-state index in [1.165, 1.54) is 25.1 Å². The molecular formula is C13H23N3. The molecule has 0 aromatic carbocycles. The van der Waals surface area contributed by atoms with Crippen molar-refractivity contribution in [2.24, 2.45) is 5.92 Å². The third kappa shape index (κ3) is 2.64. The van der Waals surface area contributed by atoms with E-state index < -0.39 is 0 Å². The molecule has 1 saturated carbocycles. The first-order chi connectivity index (χ1) is 7.83.